The first-order valence-corrected chi connectivity index (χ1v) is 8.39. The van der Waals surface area contributed by atoms with Gasteiger partial charge in [0, 0.05) is 13.1 Å². The molecule has 0 aromatic carbocycles. The summed E-state index contributed by atoms with van der Waals surface area (Å²) in [6.07, 6.45) is 4.61. The third-order valence-electron chi connectivity index (χ3n) is 5.76. The lowest BCUT2D eigenvalue weighted by Crippen LogP contribution is -2.53. The van der Waals surface area contributed by atoms with Crippen LogP contribution in [0.5, 0.6) is 0 Å². The molecule has 0 spiro atoms. The molecule has 22 heavy (non-hydrogen) atoms. The number of nitrogens with zero attached hydrogens (tertiary/aromatic N) is 1. The van der Waals surface area contributed by atoms with Crippen LogP contribution in [-0.2, 0) is 9.53 Å². The zero-order valence-electron chi connectivity index (χ0n) is 13.2. The Morgan fingerprint density at radius 3 is 2.32 bits per heavy atom. The van der Waals surface area contributed by atoms with Crippen LogP contribution in [0.3, 0.4) is 0 Å². The number of carbonyl (C=O) groups is 2. The van der Waals surface area contributed by atoms with E-state index in [0.717, 1.165) is 25.8 Å². The second-order valence-corrected chi connectivity index (χ2v) is 7.01. The average molecular weight is 310 g/mol. The highest BCUT2D eigenvalue weighted by molar-refractivity contribution is 5.76. The van der Waals surface area contributed by atoms with Crippen LogP contribution in [0.25, 0.3) is 0 Å². The first-order valence-electron chi connectivity index (χ1n) is 8.39. The number of methoxy groups -OCH3 is 1. The van der Waals surface area contributed by atoms with Crippen molar-refractivity contribution in [3.63, 3.8) is 0 Å². The highest BCUT2D eigenvalue weighted by Gasteiger charge is 2.45. The molecule has 2 N–H and O–H groups in total. The van der Waals surface area contributed by atoms with Crippen molar-refractivity contribution >= 4 is 12.1 Å². The summed E-state index contributed by atoms with van der Waals surface area (Å²) in [5, 5.41) is 12.5. The van der Waals surface area contributed by atoms with E-state index in [4.69, 9.17) is 9.84 Å². The highest BCUT2D eigenvalue weighted by Crippen LogP contribution is 2.45. The van der Waals surface area contributed by atoms with Gasteiger partial charge in [-0.25, -0.2) is 4.79 Å². The number of rotatable bonds is 3. The molecular weight excluding hydrogens is 284 g/mol. The molecule has 2 aliphatic heterocycles. The van der Waals surface area contributed by atoms with Crippen molar-refractivity contribution in [1.82, 2.24) is 10.2 Å². The zero-order chi connectivity index (χ0) is 15.7. The molecule has 2 heterocycles. The van der Waals surface area contributed by atoms with Crippen molar-refractivity contribution in [3.05, 3.63) is 0 Å². The van der Waals surface area contributed by atoms with Gasteiger partial charge in [-0.1, -0.05) is 0 Å². The van der Waals surface area contributed by atoms with E-state index in [-0.39, 0.29) is 12.0 Å². The third-order valence-corrected chi connectivity index (χ3v) is 5.76. The number of ether oxygens (including phenoxy) is 1. The Kier molecular flexibility index (Phi) is 4.57. The van der Waals surface area contributed by atoms with E-state index >= 15 is 0 Å². The van der Waals surface area contributed by atoms with Gasteiger partial charge in [0.25, 0.3) is 0 Å². The standard InChI is InChI=1S/C16H26N2O4/c1-22-15(19)14-13(11-2-3-11)8-12(9-17-14)10-4-6-18(7-5-10)16(20)21/h10-14,17H,2-9H2,1H3,(H,20,21). The Balaban J connectivity index is 1.58. The summed E-state index contributed by atoms with van der Waals surface area (Å²) in [4.78, 5) is 24.5. The molecule has 3 fully saturated rings. The molecule has 0 radical (unpaired) electrons. The van der Waals surface area contributed by atoms with Gasteiger partial charge in [-0.15, -0.1) is 0 Å². The van der Waals surface area contributed by atoms with E-state index in [1.165, 1.54) is 24.9 Å². The summed E-state index contributed by atoms with van der Waals surface area (Å²) in [7, 11) is 1.46. The molecule has 3 atom stereocenters. The second-order valence-electron chi connectivity index (χ2n) is 7.01. The van der Waals surface area contributed by atoms with Crippen molar-refractivity contribution in [2.24, 2.45) is 23.7 Å². The third kappa shape index (κ3) is 3.21. The van der Waals surface area contributed by atoms with Crippen molar-refractivity contribution in [3.8, 4) is 0 Å². The van der Waals surface area contributed by atoms with Gasteiger partial charge in [-0.2, -0.15) is 0 Å². The molecule has 3 unspecified atom stereocenters. The molecule has 0 bridgehead atoms. The minimum Gasteiger partial charge on any atom is -0.468 e. The van der Waals surface area contributed by atoms with Crippen LogP contribution in [0.15, 0.2) is 0 Å². The second kappa shape index (κ2) is 6.44. The summed E-state index contributed by atoms with van der Waals surface area (Å²) >= 11 is 0. The van der Waals surface area contributed by atoms with Crippen LogP contribution in [-0.4, -0.2) is 54.9 Å². The predicted molar refractivity (Wildman–Crippen MR) is 80.4 cm³/mol. The summed E-state index contributed by atoms with van der Waals surface area (Å²) in [6, 6.07) is -0.146. The summed E-state index contributed by atoms with van der Waals surface area (Å²) < 4.78 is 4.95. The van der Waals surface area contributed by atoms with E-state index in [2.05, 4.69) is 5.32 Å². The van der Waals surface area contributed by atoms with E-state index in [0.29, 0.717) is 36.8 Å². The van der Waals surface area contributed by atoms with Gasteiger partial charge in [0.15, 0.2) is 0 Å². The fraction of sp³-hybridized carbons (Fsp3) is 0.875. The Morgan fingerprint density at radius 2 is 1.77 bits per heavy atom. The van der Waals surface area contributed by atoms with Crippen molar-refractivity contribution in [1.29, 1.82) is 0 Å². The first-order chi connectivity index (χ1) is 10.6. The van der Waals surface area contributed by atoms with Gasteiger partial charge in [0.05, 0.1) is 7.11 Å². The summed E-state index contributed by atoms with van der Waals surface area (Å²) in [6.45, 7) is 2.14. The molecule has 0 aromatic rings. The molecule has 124 valence electrons. The number of hydrogen-bond donors (Lipinski definition) is 2. The fourth-order valence-corrected chi connectivity index (χ4v) is 4.29. The van der Waals surface area contributed by atoms with Crippen LogP contribution < -0.4 is 5.32 Å². The normalized spacial score (nSPS) is 33.5. The lowest BCUT2D eigenvalue weighted by atomic mass is 9.73. The molecule has 6 heteroatoms. The van der Waals surface area contributed by atoms with Crippen LogP contribution in [0, 0.1) is 23.7 Å². The molecule has 1 amide bonds. The minimum atomic E-state index is -0.804. The van der Waals surface area contributed by atoms with Crippen molar-refractivity contribution in [2.75, 3.05) is 26.7 Å². The molecule has 3 aliphatic rings. The minimum absolute atomic E-state index is 0.129. The van der Waals surface area contributed by atoms with Crippen LogP contribution in [0.2, 0.25) is 0 Å². The Morgan fingerprint density at radius 1 is 1.09 bits per heavy atom. The number of carbonyl (C=O) groups excluding carboxylic acids is 1. The van der Waals surface area contributed by atoms with Gasteiger partial charge < -0.3 is 20.1 Å². The molecule has 6 nitrogen and oxygen atoms in total. The smallest absolute Gasteiger partial charge is 0.407 e. The Bertz CT molecular complexity index is 430. The maximum Gasteiger partial charge on any atom is 0.407 e. The lowest BCUT2D eigenvalue weighted by Gasteiger charge is -2.41. The number of amides is 1. The molecule has 2 saturated heterocycles. The van der Waals surface area contributed by atoms with Crippen LogP contribution in [0.1, 0.15) is 32.1 Å². The number of likely N-dealkylation sites (tertiary alicyclic amines) is 1. The van der Waals surface area contributed by atoms with Gasteiger partial charge in [0.1, 0.15) is 6.04 Å². The summed E-state index contributed by atoms with van der Waals surface area (Å²) in [5.41, 5.74) is 0. The van der Waals surface area contributed by atoms with Crippen molar-refractivity contribution < 1.29 is 19.4 Å². The van der Waals surface area contributed by atoms with Crippen molar-refractivity contribution in [2.45, 2.75) is 38.1 Å². The number of esters is 1. The quantitative estimate of drug-likeness (QED) is 0.773. The van der Waals surface area contributed by atoms with Gasteiger partial charge in [-0.05, 0) is 62.3 Å². The maximum absolute atomic E-state index is 12.0. The topological polar surface area (TPSA) is 78.9 Å². The predicted octanol–water partition coefficient (Wildman–Crippen LogP) is 1.55. The Hall–Kier alpha value is -1.30. The number of nitrogens with one attached hydrogen (secondary N) is 1. The van der Waals surface area contributed by atoms with E-state index < -0.39 is 6.09 Å². The largest absolute Gasteiger partial charge is 0.468 e. The Labute approximate surface area is 131 Å². The fourth-order valence-electron chi connectivity index (χ4n) is 4.29. The van der Waals surface area contributed by atoms with Gasteiger partial charge in [-0.3, -0.25) is 4.79 Å². The molecule has 1 aliphatic carbocycles. The van der Waals surface area contributed by atoms with E-state index in [1.54, 1.807) is 0 Å². The average Bonchev–Trinajstić information content (AvgIpc) is 3.38. The van der Waals surface area contributed by atoms with Gasteiger partial charge in [0.2, 0.25) is 0 Å². The van der Waals surface area contributed by atoms with E-state index in [9.17, 15) is 9.59 Å². The zero-order valence-corrected chi connectivity index (χ0v) is 13.2. The highest BCUT2D eigenvalue weighted by atomic mass is 16.5. The molecule has 0 aromatic heterocycles. The van der Waals surface area contributed by atoms with Gasteiger partial charge >= 0.3 is 12.1 Å². The SMILES string of the molecule is COC(=O)C1NCC(C2CCN(C(=O)O)CC2)CC1C1CC1. The van der Waals surface area contributed by atoms with Crippen LogP contribution in [0.4, 0.5) is 4.79 Å². The maximum atomic E-state index is 12.0. The number of hydrogen-bond acceptors (Lipinski definition) is 4. The lowest BCUT2D eigenvalue weighted by molar-refractivity contribution is -0.146. The monoisotopic (exact) mass is 310 g/mol. The number of carboxylic acid groups (broad SMARTS) is 1. The molecule has 1 saturated carbocycles. The molecule has 3 rings (SSSR count). The van der Waals surface area contributed by atoms with Crippen LogP contribution >= 0.6 is 0 Å². The number of piperidine rings is 2. The van der Waals surface area contributed by atoms with E-state index in [1.807, 2.05) is 0 Å². The first kappa shape index (κ1) is 15.6. The summed E-state index contributed by atoms with van der Waals surface area (Å²) in [5.74, 6) is 2.06. The molecular formula is C16H26N2O4.